The van der Waals surface area contributed by atoms with E-state index in [1.807, 2.05) is 6.92 Å². The van der Waals surface area contributed by atoms with Crippen LogP contribution < -0.4 is 5.73 Å². The Morgan fingerprint density at radius 2 is 2.00 bits per heavy atom. The van der Waals surface area contributed by atoms with Crippen LogP contribution in [0.15, 0.2) is 0 Å². The van der Waals surface area contributed by atoms with Gasteiger partial charge in [-0.1, -0.05) is 6.92 Å². The molecule has 1 atom stereocenters. The number of piperidine rings is 1. The van der Waals surface area contributed by atoms with E-state index < -0.39 is 12.0 Å². The van der Waals surface area contributed by atoms with Gasteiger partial charge in [-0.05, 0) is 25.2 Å². The molecule has 0 bridgehead atoms. The van der Waals surface area contributed by atoms with E-state index in [1.165, 1.54) is 0 Å². The minimum atomic E-state index is -0.755. The Morgan fingerprint density at radius 1 is 1.44 bits per heavy atom. The van der Waals surface area contributed by atoms with E-state index in [9.17, 15) is 9.59 Å². The lowest BCUT2D eigenvalue weighted by Crippen LogP contribution is -2.47. The number of aliphatic carboxylic acids is 1. The summed E-state index contributed by atoms with van der Waals surface area (Å²) in [7, 11) is 0. The number of hydrogen-bond donors (Lipinski definition) is 2. The molecule has 0 aliphatic carbocycles. The molecule has 1 rings (SSSR count). The summed E-state index contributed by atoms with van der Waals surface area (Å²) in [6.45, 7) is 3.18. The van der Waals surface area contributed by atoms with Gasteiger partial charge in [-0.25, -0.2) is 0 Å². The molecule has 1 aliphatic heterocycles. The van der Waals surface area contributed by atoms with Crippen LogP contribution in [0.3, 0.4) is 0 Å². The van der Waals surface area contributed by atoms with Crippen molar-refractivity contribution in [2.45, 2.75) is 38.6 Å². The summed E-state index contributed by atoms with van der Waals surface area (Å²) in [5, 5.41) is 8.67. The fourth-order valence-electron chi connectivity index (χ4n) is 2.01. The van der Waals surface area contributed by atoms with E-state index in [1.54, 1.807) is 4.90 Å². The fraction of sp³-hybridized carbons (Fsp3) is 0.818. The Morgan fingerprint density at radius 3 is 2.44 bits per heavy atom. The first-order valence-corrected chi connectivity index (χ1v) is 5.80. The number of carbonyl (C=O) groups is 2. The fourth-order valence-corrected chi connectivity index (χ4v) is 2.01. The van der Waals surface area contributed by atoms with Crippen LogP contribution in [0.1, 0.15) is 32.6 Å². The van der Waals surface area contributed by atoms with Crippen LogP contribution in [0.2, 0.25) is 0 Å². The van der Waals surface area contributed by atoms with Crippen LogP contribution in [0, 0.1) is 5.92 Å². The second-order valence-corrected chi connectivity index (χ2v) is 4.38. The Hall–Kier alpha value is -1.10. The van der Waals surface area contributed by atoms with Crippen LogP contribution >= 0.6 is 0 Å². The first-order valence-electron chi connectivity index (χ1n) is 5.80. The maximum atomic E-state index is 11.7. The average Bonchev–Trinajstić information content (AvgIpc) is 2.27. The SMILES string of the molecule is CCC(N)C(=O)N1CCC(CC(=O)O)CC1. The Kier molecular flexibility index (Phi) is 4.73. The molecule has 16 heavy (non-hydrogen) atoms. The number of amides is 1. The summed E-state index contributed by atoms with van der Waals surface area (Å²) in [5.41, 5.74) is 5.68. The molecule has 0 radical (unpaired) electrons. The van der Waals surface area contributed by atoms with Crippen molar-refractivity contribution in [1.29, 1.82) is 0 Å². The molecule has 1 saturated heterocycles. The van der Waals surface area contributed by atoms with Crippen LogP contribution in [0.4, 0.5) is 0 Å². The molecule has 0 aromatic rings. The minimum Gasteiger partial charge on any atom is -0.481 e. The normalized spacial score (nSPS) is 19.5. The number of nitrogens with two attached hydrogens (primary N) is 1. The van der Waals surface area contributed by atoms with Crippen molar-refractivity contribution in [2.75, 3.05) is 13.1 Å². The average molecular weight is 228 g/mol. The number of carboxylic acid groups (broad SMARTS) is 1. The van der Waals surface area contributed by atoms with Crippen molar-refractivity contribution >= 4 is 11.9 Å². The largest absolute Gasteiger partial charge is 0.481 e. The van der Waals surface area contributed by atoms with Crippen molar-refractivity contribution < 1.29 is 14.7 Å². The summed E-state index contributed by atoms with van der Waals surface area (Å²) in [6, 6.07) is -0.406. The summed E-state index contributed by atoms with van der Waals surface area (Å²) in [6.07, 6.45) is 2.40. The molecular formula is C11H20N2O3. The highest BCUT2D eigenvalue weighted by Gasteiger charge is 2.26. The third-order valence-electron chi connectivity index (χ3n) is 3.15. The maximum absolute atomic E-state index is 11.7. The topological polar surface area (TPSA) is 83.6 Å². The lowest BCUT2D eigenvalue weighted by Gasteiger charge is -2.32. The van der Waals surface area contributed by atoms with Gasteiger partial charge in [0.15, 0.2) is 0 Å². The Labute approximate surface area is 95.6 Å². The van der Waals surface area contributed by atoms with Gasteiger partial charge < -0.3 is 15.7 Å². The van der Waals surface area contributed by atoms with E-state index >= 15 is 0 Å². The molecular weight excluding hydrogens is 208 g/mol. The molecule has 92 valence electrons. The predicted octanol–water partition coefficient (Wildman–Crippen LogP) is 0.437. The highest BCUT2D eigenvalue weighted by atomic mass is 16.4. The summed E-state index contributed by atoms with van der Waals surface area (Å²) < 4.78 is 0. The second kappa shape index (κ2) is 5.84. The summed E-state index contributed by atoms with van der Waals surface area (Å²) in [5.74, 6) is -0.550. The molecule has 5 nitrogen and oxygen atoms in total. The number of carbonyl (C=O) groups excluding carboxylic acids is 1. The summed E-state index contributed by atoms with van der Waals surface area (Å²) in [4.78, 5) is 24.0. The van der Waals surface area contributed by atoms with Gasteiger partial charge in [0.25, 0.3) is 0 Å². The van der Waals surface area contributed by atoms with Crippen molar-refractivity contribution in [1.82, 2.24) is 4.90 Å². The zero-order chi connectivity index (χ0) is 12.1. The van der Waals surface area contributed by atoms with Crippen LogP contribution in [-0.2, 0) is 9.59 Å². The van der Waals surface area contributed by atoms with Gasteiger partial charge in [0, 0.05) is 19.5 Å². The molecule has 1 fully saturated rings. The standard InChI is InChI=1S/C11H20N2O3/c1-2-9(12)11(16)13-5-3-8(4-6-13)7-10(14)15/h8-9H,2-7,12H2,1H3,(H,14,15). The third-order valence-corrected chi connectivity index (χ3v) is 3.15. The number of hydrogen-bond acceptors (Lipinski definition) is 3. The Balaban J connectivity index is 2.37. The van der Waals surface area contributed by atoms with E-state index in [0.717, 1.165) is 12.8 Å². The molecule has 0 aromatic heterocycles. The molecule has 0 spiro atoms. The van der Waals surface area contributed by atoms with Crippen LogP contribution in [-0.4, -0.2) is 41.0 Å². The Bertz CT molecular complexity index is 260. The second-order valence-electron chi connectivity index (χ2n) is 4.38. The van der Waals surface area contributed by atoms with Crippen molar-refractivity contribution in [3.8, 4) is 0 Å². The van der Waals surface area contributed by atoms with Crippen LogP contribution in [0.5, 0.6) is 0 Å². The predicted molar refractivity (Wildman–Crippen MR) is 59.8 cm³/mol. The lowest BCUT2D eigenvalue weighted by atomic mass is 9.93. The van der Waals surface area contributed by atoms with Gasteiger partial charge in [0.2, 0.25) is 5.91 Å². The number of likely N-dealkylation sites (tertiary alicyclic amines) is 1. The van der Waals surface area contributed by atoms with E-state index in [2.05, 4.69) is 0 Å². The van der Waals surface area contributed by atoms with E-state index in [4.69, 9.17) is 10.8 Å². The molecule has 1 amide bonds. The molecule has 1 unspecified atom stereocenters. The first-order chi connectivity index (χ1) is 7.54. The van der Waals surface area contributed by atoms with Gasteiger partial charge in [0.1, 0.15) is 0 Å². The number of nitrogens with zero attached hydrogens (tertiary/aromatic N) is 1. The molecule has 5 heteroatoms. The molecule has 3 N–H and O–H groups in total. The van der Waals surface area contributed by atoms with Gasteiger partial charge in [-0.15, -0.1) is 0 Å². The summed E-state index contributed by atoms with van der Waals surface area (Å²) >= 11 is 0. The van der Waals surface area contributed by atoms with Crippen molar-refractivity contribution in [2.24, 2.45) is 11.7 Å². The minimum absolute atomic E-state index is 0.00345. The smallest absolute Gasteiger partial charge is 0.303 e. The quantitative estimate of drug-likeness (QED) is 0.731. The molecule has 0 saturated carbocycles. The zero-order valence-electron chi connectivity index (χ0n) is 9.69. The number of carboxylic acids is 1. The van der Waals surface area contributed by atoms with E-state index in [0.29, 0.717) is 19.5 Å². The van der Waals surface area contributed by atoms with Gasteiger partial charge in [-0.3, -0.25) is 9.59 Å². The van der Waals surface area contributed by atoms with Gasteiger partial charge >= 0.3 is 5.97 Å². The molecule has 1 aliphatic rings. The van der Waals surface area contributed by atoms with Gasteiger partial charge in [0.05, 0.1) is 6.04 Å². The van der Waals surface area contributed by atoms with E-state index in [-0.39, 0.29) is 18.2 Å². The van der Waals surface area contributed by atoms with Crippen LogP contribution in [0.25, 0.3) is 0 Å². The van der Waals surface area contributed by atoms with Crippen molar-refractivity contribution in [3.05, 3.63) is 0 Å². The number of rotatable bonds is 4. The maximum Gasteiger partial charge on any atom is 0.303 e. The van der Waals surface area contributed by atoms with Crippen molar-refractivity contribution in [3.63, 3.8) is 0 Å². The zero-order valence-corrected chi connectivity index (χ0v) is 9.69. The molecule has 0 aromatic carbocycles. The third kappa shape index (κ3) is 3.48. The first kappa shape index (κ1) is 13.0. The lowest BCUT2D eigenvalue weighted by molar-refractivity contribution is -0.138. The highest BCUT2D eigenvalue weighted by molar-refractivity contribution is 5.81. The monoisotopic (exact) mass is 228 g/mol. The molecule has 1 heterocycles. The van der Waals surface area contributed by atoms with Gasteiger partial charge in [-0.2, -0.15) is 0 Å². The highest BCUT2D eigenvalue weighted by Crippen LogP contribution is 2.20.